The molecule has 1 rings (SSSR count). The smallest absolute Gasteiger partial charge is 0.326 e. The molecule has 0 fully saturated rings. The SMILES string of the molecule is COc1cc(N/C=C(/C#N)C(=O)NC(C(=O)O)C(C)C)c(OC)cc1Cl. The van der Waals surface area contributed by atoms with Gasteiger partial charge in [-0.05, 0) is 5.92 Å². The number of nitrogens with zero attached hydrogens (tertiary/aromatic N) is 1. The lowest BCUT2D eigenvalue weighted by Crippen LogP contribution is -2.44. The van der Waals surface area contributed by atoms with Crippen molar-refractivity contribution in [3.05, 3.63) is 28.9 Å². The van der Waals surface area contributed by atoms with Gasteiger partial charge in [-0.15, -0.1) is 0 Å². The molecule has 26 heavy (non-hydrogen) atoms. The highest BCUT2D eigenvalue weighted by molar-refractivity contribution is 6.32. The lowest BCUT2D eigenvalue weighted by molar-refractivity contribution is -0.142. The van der Waals surface area contributed by atoms with Crippen LogP contribution in [0.4, 0.5) is 5.69 Å². The van der Waals surface area contributed by atoms with Crippen LogP contribution in [-0.2, 0) is 9.59 Å². The summed E-state index contributed by atoms with van der Waals surface area (Å²) in [6, 6.07) is 3.68. The van der Waals surface area contributed by atoms with Crippen molar-refractivity contribution in [2.24, 2.45) is 5.92 Å². The molecule has 0 radical (unpaired) electrons. The molecule has 0 aliphatic carbocycles. The van der Waals surface area contributed by atoms with Crippen LogP contribution in [0.1, 0.15) is 13.8 Å². The topological polar surface area (TPSA) is 121 Å². The number of benzene rings is 1. The second-order valence-electron chi connectivity index (χ2n) is 5.53. The fraction of sp³-hybridized carbons (Fsp3) is 0.353. The second-order valence-corrected chi connectivity index (χ2v) is 5.94. The lowest BCUT2D eigenvalue weighted by atomic mass is 10.0. The van der Waals surface area contributed by atoms with Gasteiger partial charge in [-0.1, -0.05) is 25.4 Å². The zero-order valence-corrected chi connectivity index (χ0v) is 15.5. The Balaban J connectivity index is 3.06. The number of carbonyl (C=O) groups is 2. The van der Waals surface area contributed by atoms with E-state index in [0.29, 0.717) is 22.2 Å². The maximum absolute atomic E-state index is 12.2. The van der Waals surface area contributed by atoms with E-state index in [4.69, 9.17) is 26.2 Å². The van der Waals surface area contributed by atoms with Crippen molar-refractivity contribution in [2.45, 2.75) is 19.9 Å². The number of nitriles is 1. The van der Waals surface area contributed by atoms with Crippen LogP contribution in [0.2, 0.25) is 5.02 Å². The molecular formula is C17H20ClN3O5. The number of carboxylic acids is 1. The first-order chi connectivity index (χ1) is 12.2. The van der Waals surface area contributed by atoms with E-state index in [2.05, 4.69) is 10.6 Å². The number of carbonyl (C=O) groups excluding carboxylic acids is 1. The molecule has 0 aromatic heterocycles. The van der Waals surface area contributed by atoms with Crippen LogP contribution in [-0.4, -0.2) is 37.2 Å². The molecular weight excluding hydrogens is 362 g/mol. The van der Waals surface area contributed by atoms with Crippen LogP contribution >= 0.6 is 11.6 Å². The Morgan fingerprint density at radius 2 is 1.88 bits per heavy atom. The number of carboxylic acid groups (broad SMARTS) is 1. The fourth-order valence-corrected chi connectivity index (χ4v) is 2.24. The minimum absolute atomic E-state index is 0.298. The van der Waals surface area contributed by atoms with E-state index in [1.807, 2.05) is 0 Å². The molecule has 1 unspecified atom stereocenters. The molecule has 0 heterocycles. The first kappa shape index (κ1) is 21.1. The number of halogens is 1. The van der Waals surface area contributed by atoms with Gasteiger partial charge < -0.3 is 25.2 Å². The molecule has 0 saturated heterocycles. The molecule has 140 valence electrons. The van der Waals surface area contributed by atoms with Crippen molar-refractivity contribution >= 4 is 29.2 Å². The summed E-state index contributed by atoms with van der Waals surface area (Å²) in [7, 11) is 2.88. The van der Waals surface area contributed by atoms with Gasteiger partial charge in [-0.2, -0.15) is 5.26 Å². The highest BCUT2D eigenvalue weighted by Gasteiger charge is 2.25. The summed E-state index contributed by atoms with van der Waals surface area (Å²) in [5.41, 5.74) is 0.112. The number of anilines is 1. The summed E-state index contributed by atoms with van der Waals surface area (Å²) in [5.74, 6) is -1.58. The third kappa shape index (κ3) is 5.29. The number of methoxy groups -OCH3 is 2. The molecule has 1 aromatic carbocycles. The van der Waals surface area contributed by atoms with Crippen molar-refractivity contribution in [1.82, 2.24) is 5.32 Å². The standard InChI is InChI=1S/C17H20ClN3O5/c1-9(2)15(17(23)24)21-16(22)10(7-19)8-20-12-6-13(25-3)11(18)5-14(12)26-4/h5-6,8-9,15,20H,1-4H3,(H,21,22)(H,23,24)/b10-8-. The van der Waals surface area contributed by atoms with Crippen molar-refractivity contribution in [1.29, 1.82) is 5.26 Å². The van der Waals surface area contributed by atoms with Crippen molar-refractivity contribution in [3.8, 4) is 17.6 Å². The maximum Gasteiger partial charge on any atom is 0.326 e. The monoisotopic (exact) mass is 381 g/mol. The minimum Gasteiger partial charge on any atom is -0.495 e. The lowest BCUT2D eigenvalue weighted by Gasteiger charge is -2.17. The number of amides is 1. The van der Waals surface area contributed by atoms with E-state index in [1.54, 1.807) is 26.0 Å². The fourth-order valence-electron chi connectivity index (χ4n) is 2.00. The maximum atomic E-state index is 12.2. The van der Waals surface area contributed by atoms with Crippen LogP contribution < -0.4 is 20.1 Å². The number of aliphatic carboxylic acids is 1. The van der Waals surface area contributed by atoms with Crippen LogP contribution in [0.3, 0.4) is 0 Å². The van der Waals surface area contributed by atoms with Gasteiger partial charge >= 0.3 is 5.97 Å². The Morgan fingerprint density at radius 3 is 2.35 bits per heavy atom. The van der Waals surface area contributed by atoms with E-state index in [-0.39, 0.29) is 11.5 Å². The largest absolute Gasteiger partial charge is 0.495 e. The molecule has 8 nitrogen and oxygen atoms in total. The van der Waals surface area contributed by atoms with E-state index in [9.17, 15) is 14.9 Å². The van der Waals surface area contributed by atoms with Gasteiger partial charge in [0, 0.05) is 18.3 Å². The average molecular weight is 382 g/mol. The first-order valence-electron chi connectivity index (χ1n) is 7.57. The highest BCUT2D eigenvalue weighted by atomic mass is 35.5. The molecule has 9 heteroatoms. The summed E-state index contributed by atoms with van der Waals surface area (Å²) in [6.45, 7) is 3.30. The summed E-state index contributed by atoms with van der Waals surface area (Å²) in [6.07, 6.45) is 1.15. The zero-order valence-electron chi connectivity index (χ0n) is 14.8. The summed E-state index contributed by atoms with van der Waals surface area (Å²) < 4.78 is 10.3. The molecule has 0 aliphatic heterocycles. The molecule has 1 amide bonds. The summed E-state index contributed by atoms with van der Waals surface area (Å²) in [4.78, 5) is 23.3. The minimum atomic E-state index is -1.18. The zero-order chi connectivity index (χ0) is 19.9. The van der Waals surface area contributed by atoms with E-state index in [0.717, 1.165) is 6.20 Å². The Labute approximate surface area is 156 Å². The normalized spacial score (nSPS) is 12.1. The number of ether oxygens (including phenoxy) is 2. The Bertz CT molecular complexity index is 756. The summed E-state index contributed by atoms with van der Waals surface area (Å²) in [5, 5.41) is 23.7. The third-order valence-corrected chi connectivity index (χ3v) is 3.73. The van der Waals surface area contributed by atoms with E-state index < -0.39 is 17.9 Å². The van der Waals surface area contributed by atoms with Crippen molar-refractivity contribution < 1.29 is 24.2 Å². The van der Waals surface area contributed by atoms with Gasteiger partial charge in [0.2, 0.25) is 0 Å². The highest BCUT2D eigenvalue weighted by Crippen LogP contribution is 2.35. The molecule has 0 spiro atoms. The van der Waals surface area contributed by atoms with Gasteiger partial charge in [0.25, 0.3) is 5.91 Å². The van der Waals surface area contributed by atoms with Crippen LogP contribution in [0.15, 0.2) is 23.9 Å². The molecule has 0 aliphatic rings. The Hall–Kier alpha value is -2.92. The number of hydrogen-bond acceptors (Lipinski definition) is 6. The van der Waals surface area contributed by atoms with Crippen LogP contribution in [0, 0.1) is 17.2 Å². The molecule has 1 aromatic rings. The van der Waals surface area contributed by atoms with Crippen LogP contribution in [0.5, 0.6) is 11.5 Å². The molecule has 0 bridgehead atoms. The van der Waals surface area contributed by atoms with Gasteiger partial charge in [-0.25, -0.2) is 4.79 Å². The summed E-state index contributed by atoms with van der Waals surface area (Å²) >= 11 is 6.02. The average Bonchev–Trinajstić information content (AvgIpc) is 2.60. The number of rotatable bonds is 8. The number of nitrogens with one attached hydrogen (secondary N) is 2. The third-order valence-electron chi connectivity index (χ3n) is 3.43. The predicted molar refractivity (Wildman–Crippen MR) is 96.3 cm³/mol. The van der Waals surface area contributed by atoms with E-state index in [1.165, 1.54) is 20.3 Å². The Kier molecular flexibility index (Phi) is 7.75. The number of hydrogen-bond donors (Lipinski definition) is 3. The predicted octanol–water partition coefficient (Wildman–Crippen LogP) is 2.40. The second kappa shape index (κ2) is 9.53. The Morgan fingerprint density at radius 1 is 1.27 bits per heavy atom. The van der Waals surface area contributed by atoms with Crippen molar-refractivity contribution in [3.63, 3.8) is 0 Å². The molecule has 0 saturated carbocycles. The molecule has 3 N–H and O–H groups in total. The van der Waals surface area contributed by atoms with Crippen LogP contribution in [0.25, 0.3) is 0 Å². The van der Waals surface area contributed by atoms with E-state index >= 15 is 0 Å². The van der Waals surface area contributed by atoms with Gasteiger partial charge in [0.05, 0.1) is 24.9 Å². The van der Waals surface area contributed by atoms with Gasteiger partial charge in [0.15, 0.2) is 0 Å². The van der Waals surface area contributed by atoms with Gasteiger partial charge in [-0.3, -0.25) is 4.79 Å². The first-order valence-corrected chi connectivity index (χ1v) is 7.94. The molecule has 1 atom stereocenters. The quantitative estimate of drug-likeness (QED) is 0.467. The van der Waals surface area contributed by atoms with Crippen molar-refractivity contribution in [2.75, 3.05) is 19.5 Å². The van der Waals surface area contributed by atoms with Gasteiger partial charge in [0.1, 0.15) is 29.2 Å².